The minimum Gasteiger partial charge on any atom is -0.481 e. The molecule has 4 heteroatoms. The molecular weight excluding hydrogens is 182 g/mol. The third-order valence-corrected chi connectivity index (χ3v) is 1.92. The molecule has 0 amide bonds. The fourth-order valence-electron chi connectivity index (χ4n) is 1.06. The number of hydrogen-bond acceptors (Lipinski definition) is 3. The van der Waals surface area contributed by atoms with E-state index in [2.05, 4.69) is 4.98 Å². The number of pyridine rings is 1. The van der Waals surface area contributed by atoms with Gasteiger partial charge in [0.05, 0.1) is 12.5 Å². The van der Waals surface area contributed by atoms with E-state index < -0.39 is 11.9 Å². The van der Waals surface area contributed by atoms with E-state index >= 15 is 0 Å². The second-order valence-corrected chi connectivity index (χ2v) is 2.92. The molecule has 1 atom stereocenters. The van der Waals surface area contributed by atoms with Crippen LogP contribution in [0.5, 0.6) is 5.88 Å². The molecule has 0 aromatic carbocycles. The largest absolute Gasteiger partial charge is 0.481 e. The van der Waals surface area contributed by atoms with Gasteiger partial charge in [0.2, 0.25) is 5.88 Å². The highest BCUT2D eigenvalue weighted by Crippen LogP contribution is 2.18. The van der Waals surface area contributed by atoms with Gasteiger partial charge >= 0.3 is 5.97 Å². The van der Waals surface area contributed by atoms with Gasteiger partial charge in [0.25, 0.3) is 0 Å². The first kappa shape index (κ1) is 10.5. The highest BCUT2D eigenvalue weighted by atomic mass is 16.5. The number of rotatable bonds is 4. The summed E-state index contributed by atoms with van der Waals surface area (Å²) in [5, 5.41) is 8.79. The van der Waals surface area contributed by atoms with Gasteiger partial charge in [-0.3, -0.25) is 4.79 Å². The van der Waals surface area contributed by atoms with Crippen molar-refractivity contribution < 1.29 is 14.6 Å². The molecule has 14 heavy (non-hydrogen) atoms. The minimum atomic E-state index is -0.848. The Morgan fingerprint density at radius 2 is 2.43 bits per heavy atom. The SMILES string of the molecule is CCOc1cc(C(C)C(=O)O)ccn1. The fourth-order valence-corrected chi connectivity index (χ4v) is 1.06. The summed E-state index contributed by atoms with van der Waals surface area (Å²) in [6.45, 7) is 4.01. The van der Waals surface area contributed by atoms with Crippen LogP contribution >= 0.6 is 0 Å². The number of ether oxygens (including phenoxy) is 1. The minimum absolute atomic E-state index is 0.470. The van der Waals surface area contributed by atoms with Gasteiger partial charge < -0.3 is 9.84 Å². The maximum Gasteiger partial charge on any atom is 0.310 e. The van der Waals surface area contributed by atoms with Gasteiger partial charge in [-0.15, -0.1) is 0 Å². The Hall–Kier alpha value is -1.58. The Kier molecular flexibility index (Phi) is 3.45. The van der Waals surface area contributed by atoms with Crippen LogP contribution in [0.3, 0.4) is 0 Å². The maximum absolute atomic E-state index is 10.7. The zero-order chi connectivity index (χ0) is 10.6. The molecule has 1 aromatic rings. The molecule has 0 aliphatic rings. The number of carboxylic acid groups (broad SMARTS) is 1. The molecule has 4 nitrogen and oxygen atoms in total. The third kappa shape index (κ3) is 2.45. The molecule has 1 N–H and O–H groups in total. The van der Waals surface area contributed by atoms with Gasteiger partial charge in [-0.1, -0.05) is 0 Å². The lowest BCUT2D eigenvalue weighted by atomic mass is 10.0. The van der Waals surface area contributed by atoms with Crippen molar-refractivity contribution in [1.29, 1.82) is 0 Å². The van der Waals surface area contributed by atoms with E-state index in [1.807, 2.05) is 6.92 Å². The molecule has 0 saturated heterocycles. The third-order valence-electron chi connectivity index (χ3n) is 1.92. The topological polar surface area (TPSA) is 59.4 Å². The molecule has 1 rings (SSSR count). The number of carbonyl (C=O) groups is 1. The molecule has 1 aromatic heterocycles. The standard InChI is InChI=1S/C10H13NO3/c1-3-14-9-6-8(4-5-11-9)7(2)10(12)13/h4-7H,3H2,1-2H3,(H,12,13). The Morgan fingerprint density at radius 3 is 3.00 bits per heavy atom. The van der Waals surface area contributed by atoms with Gasteiger partial charge in [0, 0.05) is 12.3 Å². The summed E-state index contributed by atoms with van der Waals surface area (Å²) >= 11 is 0. The summed E-state index contributed by atoms with van der Waals surface area (Å²) in [4.78, 5) is 14.7. The van der Waals surface area contributed by atoms with Crippen LogP contribution in [0, 0.1) is 0 Å². The van der Waals surface area contributed by atoms with E-state index in [0.29, 0.717) is 18.1 Å². The van der Waals surface area contributed by atoms with Crippen LogP contribution in [-0.2, 0) is 4.79 Å². The predicted molar refractivity (Wildman–Crippen MR) is 51.5 cm³/mol. The highest BCUT2D eigenvalue weighted by Gasteiger charge is 2.14. The summed E-state index contributed by atoms with van der Waals surface area (Å²) < 4.78 is 5.17. The molecule has 0 radical (unpaired) electrons. The van der Waals surface area contributed by atoms with Crippen molar-refractivity contribution in [1.82, 2.24) is 4.98 Å². The molecule has 0 saturated carbocycles. The van der Waals surface area contributed by atoms with Crippen molar-refractivity contribution in [3.8, 4) is 5.88 Å². The molecular formula is C10H13NO3. The molecule has 0 fully saturated rings. The number of carboxylic acids is 1. The van der Waals surface area contributed by atoms with Crippen molar-refractivity contribution in [3.05, 3.63) is 23.9 Å². The van der Waals surface area contributed by atoms with Crippen LogP contribution in [0.25, 0.3) is 0 Å². The fraction of sp³-hybridized carbons (Fsp3) is 0.400. The number of aliphatic carboxylic acids is 1. The van der Waals surface area contributed by atoms with E-state index in [9.17, 15) is 4.79 Å². The molecule has 0 bridgehead atoms. The van der Waals surface area contributed by atoms with E-state index in [4.69, 9.17) is 9.84 Å². The number of hydrogen-bond donors (Lipinski definition) is 1. The van der Waals surface area contributed by atoms with Crippen molar-refractivity contribution in [2.24, 2.45) is 0 Å². The molecule has 0 spiro atoms. The van der Waals surface area contributed by atoms with E-state index in [0.717, 1.165) is 0 Å². The Morgan fingerprint density at radius 1 is 1.71 bits per heavy atom. The quantitative estimate of drug-likeness (QED) is 0.793. The van der Waals surface area contributed by atoms with Crippen molar-refractivity contribution in [2.45, 2.75) is 19.8 Å². The molecule has 76 valence electrons. The summed E-state index contributed by atoms with van der Waals surface area (Å²) in [6.07, 6.45) is 1.56. The first-order valence-electron chi connectivity index (χ1n) is 4.46. The average Bonchev–Trinajstić information content (AvgIpc) is 2.17. The van der Waals surface area contributed by atoms with Crippen LogP contribution in [0.4, 0.5) is 0 Å². The van der Waals surface area contributed by atoms with E-state index in [1.165, 1.54) is 0 Å². The number of aromatic nitrogens is 1. The zero-order valence-electron chi connectivity index (χ0n) is 8.23. The van der Waals surface area contributed by atoms with Gasteiger partial charge in [-0.2, -0.15) is 0 Å². The second-order valence-electron chi connectivity index (χ2n) is 2.92. The Balaban J connectivity index is 2.87. The van der Waals surface area contributed by atoms with E-state index in [1.54, 1.807) is 25.3 Å². The summed E-state index contributed by atoms with van der Waals surface area (Å²) in [6, 6.07) is 3.34. The molecule has 1 heterocycles. The van der Waals surface area contributed by atoms with Crippen LogP contribution in [0.2, 0.25) is 0 Å². The van der Waals surface area contributed by atoms with Crippen LogP contribution in [0.1, 0.15) is 25.3 Å². The van der Waals surface area contributed by atoms with Crippen molar-refractivity contribution in [3.63, 3.8) is 0 Å². The number of nitrogens with zero attached hydrogens (tertiary/aromatic N) is 1. The lowest BCUT2D eigenvalue weighted by molar-refractivity contribution is -0.138. The normalized spacial score (nSPS) is 12.1. The Labute approximate surface area is 82.5 Å². The summed E-state index contributed by atoms with van der Waals surface area (Å²) in [5.41, 5.74) is 0.705. The lowest BCUT2D eigenvalue weighted by Gasteiger charge is -2.07. The maximum atomic E-state index is 10.7. The zero-order valence-corrected chi connectivity index (χ0v) is 8.23. The Bertz CT molecular complexity index is 325. The first-order valence-corrected chi connectivity index (χ1v) is 4.46. The van der Waals surface area contributed by atoms with Crippen molar-refractivity contribution in [2.75, 3.05) is 6.61 Å². The molecule has 0 aliphatic heterocycles. The van der Waals surface area contributed by atoms with Crippen LogP contribution in [0.15, 0.2) is 18.3 Å². The van der Waals surface area contributed by atoms with Gasteiger partial charge in [0.15, 0.2) is 0 Å². The van der Waals surface area contributed by atoms with Crippen LogP contribution < -0.4 is 4.74 Å². The van der Waals surface area contributed by atoms with Gasteiger partial charge in [-0.05, 0) is 25.5 Å². The van der Waals surface area contributed by atoms with Gasteiger partial charge in [-0.25, -0.2) is 4.98 Å². The highest BCUT2D eigenvalue weighted by molar-refractivity contribution is 5.75. The smallest absolute Gasteiger partial charge is 0.310 e. The lowest BCUT2D eigenvalue weighted by Crippen LogP contribution is -2.07. The monoisotopic (exact) mass is 195 g/mol. The summed E-state index contributed by atoms with van der Waals surface area (Å²) in [7, 11) is 0. The van der Waals surface area contributed by atoms with Crippen LogP contribution in [-0.4, -0.2) is 22.7 Å². The second kappa shape index (κ2) is 4.60. The van der Waals surface area contributed by atoms with Gasteiger partial charge in [0.1, 0.15) is 0 Å². The average molecular weight is 195 g/mol. The molecule has 1 unspecified atom stereocenters. The van der Waals surface area contributed by atoms with E-state index in [-0.39, 0.29) is 0 Å². The molecule has 0 aliphatic carbocycles. The first-order chi connectivity index (χ1) is 6.65. The predicted octanol–water partition coefficient (Wildman–Crippen LogP) is 1.67. The summed E-state index contributed by atoms with van der Waals surface area (Å²) in [5.74, 6) is -0.908. The van der Waals surface area contributed by atoms with Crippen molar-refractivity contribution >= 4 is 5.97 Å².